The Hall–Kier alpha value is -3.04. The number of hydrogen-bond donors (Lipinski definition) is 2. The van der Waals surface area contributed by atoms with E-state index in [2.05, 4.69) is 5.32 Å². The highest BCUT2D eigenvalue weighted by Crippen LogP contribution is 2.45. The number of carboxylic acids is 1. The number of ether oxygens (including phenoxy) is 2. The molecule has 34 heavy (non-hydrogen) atoms. The summed E-state index contributed by atoms with van der Waals surface area (Å²) in [6, 6.07) is 10.6. The molecule has 4 rings (SSSR count). The van der Waals surface area contributed by atoms with Gasteiger partial charge in [-0.2, -0.15) is 0 Å². The van der Waals surface area contributed by atoms with Crippen LogP contribution in [0.3, 0.4) is 0 Å². The standard InChI is InChI=1S/C25H28F2N2O5/c1-2-33-22(25(31)32)11-15-3-6-17(7-4-15)34-10-9-28-23-19-13-29(14-20(19)23)24(30)18-8-5-16(26)12-21(18)27/h3-8,12,19-20,22-23,28H,2,9-11,13-14H2,1H3,(H,31,32)/t19-,20?,22-,23?/m0/s1. The average Bonchev–Trinajstić information content (AvgIpc) is 3.24. The number of benzene rings is 2. The molecule has 0 aromatic heterocycles. The van der Waals surface area contributed by atoms with Gasteiger partial charge in [0.2, 0.25) is 0 Å². The minimum absolute atomic E-state index is 0.0944. The monoisotopic (exact) mass is 474 g/mol. The Bertz CT molecular complexity index is 1020. The fraction of sp³-hybridized carbons (Fsp3) is 0.440. The lowest BCUT2D eigenvalue weighted by Gasteiger charge is -2.20. The molecule has 2 N–H and O–H groups in total. The first-order valence-corrected chi connectivity index (χ1v) is 11.4. The summed E-state index contributed by atoms with van der Waals surface area (Å²) in [6.07, 6.45) is -0.567. The summed E-state index contributed by atoms with van der Waals surface area (Å²) < 4.78 is 37.9. The molecule has 9 heteroatoms. The predicted octanol–water partition coefficient (Wildman–Crippen LogP) is 2.74. The summed E-state index contributed by atoms with van der Waals surface area (Å²) in [5, 5.41) is 12.6. The summed E-state index contributed by atoms with van der Waals surface area (Å²) in [6.45, 7) is 4.33. The first kappa shape index (κ1) is 24.1. The molecule has 1 amide bonds. The normalized spacial score (nSPS) is 21.7. The van der Waals surface area contributed by atoms with Crippen LogP contribution < -0.4 is 10.1 Å². The highest BCUT2D eigenvalue weighted by atomic mass is 19.1. The van der Waals surface area contributed by atoms with Crippen LogP contribution >= 0.6 is 0 Å². The van der Waals surface area contributed by atoms with E-state index in [0.717, 1.165) is 17.7 Å². The molecule has 1 aliphatic carbocycles. The van der Waals surface area contributed by atoms with Crippen molar-refractivity contribution in [2.45, 2.75) is 25.5 Å². The van der Waals surface area contributed by atoms with Crippen LogP contribution in [0.15, 0.2) is 42.5 Å². The number of piperidine rings is 1. The third kappa shape index (κ3) is 5.53. The van der Waals surface area contributed by atoms with Gasteiger partial charge in [-0.3, -0.25) is 4.79 Å². The molecule has 2 aromatic carbocycles. The summed E-state index contributed by atoms with van der Waals surface area (Å²) in [5.41, 5.74) is 0.764. The maximum atomic E-state index is 13.9. The minimum Gasteiger partial charge on any atom is -0.492 e. The van der Waals surface area contributed by atoms with Crippen molar-refractivity contribution in [3.05, 3.63) is 65.2 Å². The second kappa shape index (κ2) is 10.5. The van der Waals surface area contributed by atoms with Crippen molar-refractivity contribution in [2.75, 3.05) is 32.8 Å². The van der Waals surface area contributed by atoms with Crippen molar-refractivity contribution in [1.82, 2.24) is 10.2 Å². The van der Waals surface area contributed by atoms with Gasteiger partial charge in [0.25, 0.3) is 5.91 Å². The van der Waals surface area contributed by atoms with Crippen LogP contribution in [0, 0.1) is 23.5 Å². The second-order valence-corrected chi connectivity index (χ2v) is 8.62. The Kier molecular flexibility index (Phi) is 7.43. The molecule has 182 valence electrons. The Balaban J connectivity index is 1.15. The lowest BCUT2D eigenvalue weighted by molar-refractivity contribution is -0.149. The topological polar surface area (TPSA) is 88.1 Å². The van der Waals surface area contributed by atoms with Crippen molar-refractivity contribution in [2.24, 2.45) is 11.8 Å². The van der Waals surface area contributed by atoms with Crippen LogP contribution in [0.25, 0.3) is 0 Å². The van der Waals surface area contributed by atoms with Gasteiger partial charge < -0.3 is 24.8 Å². The molecule has 1 saturated heterocycles. The van der Waals surface area contributed by atoms with Gasteiger partial charge in [-0.25, -0.2) is 13.6 Å². The second-order valence-electron chi connectivity index (χ2n) is 8.62. The first-order chi connectivity index (χ1) is 16.4. The molecule has 2 aliphatic rings. The number of carbonyl (C=O) groups excluding carboxylic acids is 1. The number of halogens is 2. The van der Waals surface area contributed by atoms with Gasteiger partial charge in [0.05, 0.1) is 5.56 Å². The Morgan fingerprint density at radius 3 is 2.47 bits per heavy atom. The number of fused-ring (bicyclic) bond motifs is 1. The first-order valence-electron chi connectivity index (χ1n) is 11.4. The SMILES string of the molecule is CCO[C@@H](Cc1ccc(OCCNC2C3CN(C(=O)c4ccc(F)cc4F)C[C@@H]32)cc1)C(=O)O. The molecule has 7 nitrogen and oxygen atoms in total. The van der Waals surface area contributed by atoms with Gasteiger partial charge in [-0.15, -0.1) is 0 Å². The third-order valence-electron chi connectivity index (χ3n) is 6.38. The average molecular weight is 475 g/mol. The summed E-state index contributed by atoms with van der Waals surface area (Å²) in [5.74, 6) is -1.55. The number of carbonyl (C=O) groups is 2. The lowest BCUT2D eigenvalue weighted by Crippen LogP contribution is -2.36. The number of hydrogen-bond acceptors (Lipinski definition) is 5. The predicted molar refractivity (Wildman–Crippen MR) is 120 cm³/mol. The quantitative estimate of drug-likeness (QED) is 0.487. The van der Waals surface area contributed by atoms with Crippen molar-refractivity contribution < 1.29 is 33.0 Å². The minimum atomic E-state index is -0.979. The van der Waals surface area contributed by atoms with E-state index in [4.69, 9.17) is 9.47 Å². The fourth-order valence-corrected chi connectivity index (χ4v) is 4.58. The Morgan fingerprint density at radius 2 is 1.85 bits per heavy atom. The number of carboxylic acid groups (broad SMARTS) is 1. The highest BCUT2D eigenvalue weighted by molar-refractivity contribution is 5.94. The molecule has 1 heterocycles. The summed E-state index contributed by atoms with van der Waals surface area (Å²) in [7, 11) is 0. The van der Waals surface area contributed by atoms with Gasteiger partial charge >= 0.3 is 5.97 Å². The maximum Gasteiger partial charge on any atom is 0.333 e. The molecule has 0 bridgehead atoms. The van der Waals surface area contributed by atoms with Crippen LogP contribution in [0.2, 0.25) is 0 Å². The lowest BCUT2D eigenvalue weighted by atomic mass is 10.1. The largest absolute Gasteiger partial charge is 0.492 e. The Morgan fingerprint density at radius 1 is 1.15 bits per heavy atom. The van der Waals surface area contributed by atoms with Crippen molar-refractivity contribution >= 4 is 11.9 Å². The summed E-state index contributed by atoms with van der Waals surface area (Å²) in [4.78, 5) is 25.3. The molecular formula is C25H28F2N2O5. The van der Waals surface area contributed by atoms with E-state index in [-0.39, 0.29) is 5.56 Å². The number of likely N-dealkylation sites (tertiary alicyclic amines) is 1. The molecule has 4 atom stereocenters. The highest BCUT2D eigenvalue weighted by Gasteiger charge is 2.56. The van der Waals surface area contributed by atoms with Crippen LogP contribution in [-0.4, -0.2) is 66.9 Å². The number of amides is 1. The summed E-state index contributed by atoms with van der Waals surface area (Å²) >= 11 is 0. The number of nitrogens with one attached hydrogen (secondary N) is 1. The molecule has 0 spiro atoms. The molecule has 2 aromatic rings. The van der Waals surface area contributed by atoms with E-state index in [1.165, 1.54) is 6.07 Å². The molecular weight excluding hydrogens is 446 g/mol. The van der Waals surface area contributed by atoms with Gasteiger partial charge in [0.1, 0.15) is 24.0 Å². The van der Waals surface area contributed by atoms with Crippen molar-refractivity contribution in [1.29, 1.82) is 0 Å². The Labute approximate surface area is 196 Å². The smallest absolute Gasteiger partial charge is 0.333 e. The van der Waals surface area contributed by atoms with Crippen LogP contribution in [0.4, 0.5) is 8.78 Å². The van der Waals surface area contributed by atoms with E-state index in [1.54, 1.807) is 11.8 Å². The molecule has 1 aliphatic heterocycles. The van der Waals surface area contributed by atoms with E-state index in [0.29, 0.717) is 62.9 Å². The molecule has 1 saturated carbocycles. The zero-order valence-electron chi connectivity index (χ0n) is 18.9. The zero-order chi connectivity index (χ0) is 24.2. The van der Waals surface area contributed by atoms with Gasteiger partial charge in [-0.1, -0.05) is 12.1 Å². The van der Waals surface area contributed by atoms with Crippen LogP contribution in [0.5, 0.6) is 5.75 Å². The maximum absolute atomic E-state index is 13.9. The van der Waals surface area contributed by atoms with Crippen LogP contribution in [0.1, 0.15) is 22.8 Å². The number of nitrogens with zero attached hydrogens (tertiary/aromatic N) is 1. The zero-order valence-corrected chi connectivity index (χ0v) is 18.9. The molecule has 2 fully saturated rings. The third-order valence-corrected chi connectivity index (χ3v) is 6.38. The van der Waals surface area contributed by atoms with E-state index in [9.17, 15) is 23.5 Å². The van der Waals surface area contributed by atoms with Gasteiger partial charge in [0, 0.05) is 44.8 Å². The van der Waals surface area contributed by atoms with E-state index >= 15 is 0 Å². The number of aliphatic carboxylic acids is 1. The fourth-order valence-electron chi connectivity index (χ4n) is 4.58. The van der Waals surface area contributed by atoms with Gasteiger partial charge in [0.15, 0.2) is 6.10 Å². The van der Waals surface area contributed by atoms with Gasteiger partial charge in [-0.05, 0) is 48.6 Å². The van der Waals surface area contributed by atoms with Crippen LogP contribution in [-0.2, 0) is 16.0 Å². The van der Waals surface area contributed by atoms with E-state index < -0.39 is 29.6 Å². The molecule has 2 unspecified atom stereocenters. The molecule has 0 radical (unpaired) electrons. The van der Waals surface area contributed by atoms with Crippen molar-refractivity contribution in [3.63, 3.8) is 0 Å². The van der Waals surface area contributed by atoms with E-state index in [1.807, 2.05) is 24.3 Å². The number of rotatable bonds is 11. The van der Waals surface area contributed by atoms with Crippen molar-refractivity contribution in [3.8, 4) is 5.75 Å².